The number of aromatic hydroxyl groups is 1. The van der Waals surface area contributed by atoms with Crippen molar-refractivity contribution in [1.29, 1.82) is 0 Å². The van der Waals surface area contributed by atoms with Gasteiger partial charge in [-0.05, 0) is 36.1 Å². The van der Waals surface area contributed by atoms with Crippen LogP contribution < -0.4 is 0 Å². The van der Waals surface area contributed by atoms with Crippen LogP contribution >= 0.6 is 0 Å². The molecule has 3 nitrogen and oxygen atoms in total. The summed E-state index contributed by atoms with van der Waals surface area (Å²) >= 11 is 0. The Morgan fingerprint density at radius 2 is 1.95 bits per heavy atom. The highest BCUT2D eigenvalue weighted by atomic mass is 16.3. The van der Waals surface area contributed by atoms with Crippen molar-refractivity contribution < 1.29 is 9.90 Å². The summed E-state index contributed by atoms with van der Waals surface area (Å²) in [6, 6.07) is 10.7. The number of pyridine rings is 1. The van der Waals surface area contributed by atoms with E-state index in [-0.39, 0.29) is 16.9 Å². The molecule has 1 heterocycles. The van der Waals surface area contributed by atoms with Crippen LogP contribution in [0.5, 0.6) is 5.75 Å². The first-order valence-electron chi connectivity index (χ1n) is 6.77. The van der Waals surface area contributed by atoms with E-state index in [0.29, 0.717) is 6.42 Å². The van der Waals surface area contributed by atoms with Gasteiger partial charge in [0.1, 0.15) is 5.75 Å². The van der Waals surface area contributed by atoms with Crippen molar-refractivity contribution in [3.63, 3.8) is 0 Å². The molecular formula is C17H17NO2. The second-order valence-electron chi connectivity index (χ2n) is 6.18. The molecule has 0 fully saturated rings. The molecule has 20 heavy (non-hydrogen) atoms. The van der Waals surface area contributed by atoms with Gasteiger partial charge in [0, 0.05) is 17.5 Å². The fourth-order valence-electron chi connectivity index (χ4n) is 2.76. The van der Waals surface area contributed by atoms with Crippen LogP contribution in [0.3, 0.4) is 0 Å². The lowest BCUT2D eigenvalue weighted by atomic mass is 9.75. The lowest BCUT2D eigenvalue weighted by Crippen LogP contribution is -2.27. The van der Waals surface area contributed by atoms with Crippen molar-refractivity contribution in [1.82, 2.24) is 4.98 Å². The van der Waals surface area contributed by atoms with Crippen molar-refractivity contribution in [2.24, 2.45) is 5.41 Å². The number of phenolic OH excluding ortho intramolecular Hbond substituents is 1. The number of Topliss-reactive ketones (excluding diaryl/α,β-unsaturated/α-hetero) is 1. The molecule has 1 aliphatic rings. The van der Waals surface area contributed by atoms with Gasteiger partial charge in [0.2, 0.25) is 0 Å². The number of fused-ring (bicyclic) bond motifs is 1. The van der Waals surface area contributed by atoms with E-state index in [2.05, 4.69) is 18.8 Å². The number of hydrogen-bond acceptors (Lipinski definition) is 3. The Morgan fingerprint density at radius 3 is 2.70 bits per heavy atom. The molecule has 1 aromatic carbocycles. The molecule has 2 aromatic rings. The van der Waals surface area contributed by atoms with E-state index < -0.39 is 0 Å². The number of nitrogens with zero attached hydrogens (tertiary/aromatic N) is 1. The molecule has 0 amide bonds. The molecule has 0 radical (unpaired) electrons. The van der Waals surface area contributed by atoms with Crippen molar-refractivity contribution in [3.05, 3.63) is 47.7 Å². The number of ketones is 1. The highest BCUT2D eigenvalue weighted by molar-refractivity contribution is 5.98. The highest BCUT2D eigenvalue weighted by Gasteiger charge is 2.31. The zero-order valence-electron chi connectivity index (χ0n) is 11.7. The summed E-state index contributed by atoms with van der Waals surface area (Å²) in [7, 11) is 0. The molecule has 3 rings (SSSR count). The minimum atomic E-state index is -0.0332. The summed E-state index contributed by atoms with van der Waals surface area (Å²) in [5.41, 5.74) is 3.24. The molecule has 0 bridgehead atoms. The summed E-state index contributed by atoms with van der Waals surface area (Å²) in [5.74, 6) is 0.393. The predicted octanol–water partition coefficient (Wildman–Crippen LogP) is 3.61. The molecule has 0 atom stereocenters. The number of carbonyl (C=O) groups is 1. The van der Waals surface area contributed by atoms with Crippen LogP contribution in [-0.4, -0.2) is 15.9 Å². The normalized spacial score (nSPS) is 16.8. The molecular weight excluding hydrogens is 250 g/mol. The van der Waals surface area contributed by atoms with E-state index in [4.69, 9.17) is 0 Å². The van der Waals surface area contributed by atoms with E-state index in [1.807, 2.05) is 18.2 Å². The Hall–Kier alpha value is -2.16. The topological polar surface area (TPSA) is 50.2 Å². The first-order chi connectivity index (χ1) is 9.44. The number of carbonyl (C=O) groups excluding carboxylic acids is 1. The SMILES string of the molecule is CC1(C)CC(=O)c2ccc(-c3cccc(O)c3)nc2C1. The van der Waals surface area contributed by atoms with Gasteiger partial charge in [0.05, 0.1) is 11.4 Å². The summed E-state index contributed by atoms with van der Waals surface area (Å²) < 4.78 is 0. The van der Waals surface area contributed by atoms with Crippen LogP contribution in [0.1, 0.15) is 36.3 Å². The maximum atomic E-state index is 12.1. The molecule has 0 unspecified atom stereocenters. The van der Waals surface area contributed by atoms with Gasteiger partial charge in [-0.15, -0.1) is 0 Å². The summed E-state index contributed by atoms with van der Waals surface area (Å²) in [4.78, 5) is 16.8. The number of benzene rings is 1. The maximum absolute atomic E-state index is 12.1. The lowest BCUT2D eigenvalue weighted by Gasteiger charge is -2.29. The van der Waals surface area contributed by atoms with Gasteiger partial charge in [-0.3, -0.25) is 9.78 Å². The van der Waals surface area contributed by atoms with Gasteiger partial charge in [0.25, 0.3) is 0 Å². The third-order valence-electron chi connectivity index (χ3n) is 3.70. The summed E-state index contributed by atoms with van der Waals surface area (Å²) in [6.45, 7) is 4.19. The Kier molecular flexibility index (Phi) is 2.85. The molecule has 0 saturated carbocycles. The Labute approximate surface area is 118 Å². The van der Waals surface area contributed by atoms with E-state index in [1.54, 1.807) is 18.2 Å². The van der Waals surface area contributed by atoms with E-state index in [0.717, 1.165) is 28.9 Å². The summed E-state index contributed by atoms with van der Waals surface area (Å²) in [5, 5.41) is 9.56. The third kappa shape index (κ3) is 2.31. The van der Waals surface area contributed by atoms with Crippen LogP contribution in [-0.2, 0) is 6.42 Å². The minimum Gasteiger partial charge on any atom is -0.508 e. The smallest absolute Gasteiger partial charge is 0.165 e. The van der Waals surface area contributed by atoms with Gasteiger partial charge in [-0.25, -0.2) is 0 Å². The second-order valence-corrected chi connectivity index (χ2v) is 6.18. The highest BCUT2D eigenvalue weighted by Crippen LogP contribution is 2.35. The number of rotatable bonds is 1. The average Bonchev–Trinajstić information content (AvgIpc) is 2.36. The number of phenols is 1. The maximum Gasteiger partial charge on any atom is 0.165 e. The van der Waals surface area contributed by atoms with E-state index >= 15 is 0 Å². The second kappa shape index (κ2) is 4.44. The molecule has 1 aromatic heterocycles. The number of aromatic nitrogens is 1. The largest absolute Gasteiger partial charge is 0.508 e. The van der Waals surface area contributed by atoms with Crippen LogP contribution in [0.4, 0.5) is 0 Å². The molecule has 0 spiro atoms. The predicted molar refractivity (Wildman–Crippen MR) is 77.8 cm³/mol. The standard InChI is InChI=1S/C17H17NO2/c1-17(2)9-15-13(16(20)10-17)6-7-14(18-15)11-4-3-5-12(19)8-11/h3-8,19H,9-10H2,1-2H3. The van der Waals surface area contributed by atoms with E-state index in [9.17, 15) is 9.90 Å². The molecule has 1 N–H and O–H groups in total. The fourth-order valence-corrected chi connectivity index (χ4v) is 2.76. The van der Waals surface area contributed by atoms with Gasteiger partial charge in [0.15, 0.2) is 5.78 Å². The Morgan fingerprint density at radius 1 is 1.15 bits per heavy atom. The van der Waals surface area contributed by atoms with Crippen LogP contribution in [0, 0.1) is 5.41 Å². The van der Waals surface area contributed by atoms with Gasteiger partial charge < -0.3 is 5.11 Å². The quantitative estimate of drug-likeness (QED) is 0.858. The summed E-state index contributed by atoms with van der Waals surface area (Å²) in [6.07, 6.45) is 1.38. The average molecular weight is 267 g/mol. The minimum absolute atomic E-state index is 0.0332. The van der Waals surface area contributed by atoms with Gasteiger partial charge >= 0.3 is 0 Å². The van der Waals surface area contributed by atoms with Crippen LogP contribution in [0.15, 0.2) is 36.4 Å². The Bertz CT molecular complexity index is 689. The molecule has 102 valence electrons. The first-order valence-corrected chi connectivity index (χ1v) is 6.77. The van der Waals surface area contributed by atoms with Crippen molar-refractivity contribution >= 4 is 5.78 Å². The van der Waals surface area contributed by atoms with Gasteiger partial charge in [-0.1, -0.05) is 26.0 Å². The van der Waals surface area contributed by atoms with E-state index in [1.165, 1.54) is 0 Å². The Balaban J connectivity index is 2.07. The van der Waals surface area contributed by atoms with Crippen LogP contribution in [0.25, 0.3) is 11.3 Å². The van der Waals surface area contributed by atoms with Crippen molar-refractivity contribution in [3.8, 4) is 17.0 Å². The van der Waals surface area contributed by atoms with Crippen molar-refractivity contribution in [2.75, 3.05) is 0 Å². The monoisotopic (exact) mass is 267 g/mol. The van der Waals surface area contributed by atoms with Gasteiger partial charge in [-0.2, -0.15) is 0 Å². The van der Waals surface area contributed by atoms with Crippen LogP contribution in [0.2, 0.25) is 0 Å². The zero-order chi connectivity index (χ0) is 14.3. The molecule has 1 aliphatic carbocycles. The molecule has 0 saturated heterocycles. The van der Waals surface area contributed by atoms with Crippen molar-refractivity contribution in [2.45, 2.75) is 26.7 Å². The zero-order valence-corrected chi connectivity index (χ0v) is 11.7. The fraction of sp³-hybridized carbons (Fsp3) is 0.294. The first kappa shape index (κ1) is 12.9. The lowest BCUT2D eigenvalue weighted by molar-refractivity contribution is 0.0910. The number of hydrogen-bond donors (Lipinski definition) is 1. The molecule has 0 aliphatic heterocycles. The third-order valence-corrected chi connectivity index (χ3v) is 3.70. The molecule has 3 heteroatoms.